The van der Waals surface area contributed by atoms with Crippen molar-refractivity contribution >= 4 is 5.97 Å². The standard InChI is InChI=1S/C11H18O2/c1-7(2)9-6-5-8(3)10(9)11(12)13-4/h8,10H,5-6H2,1-4H3/t8-,10-/m1/s1. The van der Waals surface area contributed by atoms with Gasteiger partial charge in [0.05, 0.1) is 13.0 Å². The summed E-state index contributed by atoms with van der Waals surface area (Å²) in [5, 5.41) is 0. The first-order valence-electron chi connectivity index (χ1n) is 4.82. The Labute approximate surface area is 80.0 Å². The van der Waals surface area contributed by atoms with Crippen LogP contribution in [0.3, 0.4) is 0 Å². The molecule has 0 aromatic carbocycles. The van der Waals surface area contributed by atoms with E-state index in [2.05, 4.69) is 20.8 Å². The van der Waals surface area contributed by atoms with Gasteiger partial charge in [-0.1, -0.05) is 18.1 Å². The maximum absolute atomic E-state index is 11.5. The van der Waals surface area contributed by atoms with Gasteiger partial charge in [0.1, 0.15) is 0 Å². The van der Waals surface area contributed by atoms with Crippen molar-refractivity contribution in [2.75, 3.05) is 7.11 Å². The van der Waals surface area contributed by atoms with Gasteiger partial charge in [-0.25, -0.2) is 0 Å². The van der Waals surface area contributed by atoms with E-state index in [1.54, 1.807) is 0 Å². The molecule has 74 valence electrons. The third-order valence-electron chi connectivity index (χ3n) is 2.91. The minimum atomic E-state index is -0.0683. The second-order valence-electron chi connectivity index (χ2n) is 4.04. The maximum atomic E-state index is 11.5. The number of carbonyl (C=O) groups is 1. The van der Waals surface area contributed by atoms with Gasteiger partial charge in [-0.05, 0) is 32.6 Å². The van der Waals surface area contributed by atoms with E-state index in [1.807, 2.05) is 0 Å². The summed E-state index contributed by atoms with van der Waals surface area (Å²) in [5.41, 5.74) is 2.57. The highest BCUT2D eigenvalue weighted by Crippen LogP contribution is 2.38. The van der Waals surface area contributed by atoms with Crippen molar-refractivity contribution in [3.8, 4) is 0 Å². The smallest absolute Gasteiger partial charge is 0.313 e. The molecule has 0 aromatic rings. The molecule has 0 bridgehead atoms. The zero-order valence-electron chi connectivity index (χ0n) is 8.89. The summed E-state index contributed by atoms with van der Waals surface area (Å²) in [4.78, 5) is 11.5. The topological polar surface area (TPSA) is 26.3 Å². The molecule has 1 aliphatic rings. The van der Waals surface area contributed by atoms with Gasteiger partial charge in [-0.3, -0.25) is 4.79 Å². The summed E-state index contributed by atoms with van der Waals surface area (Å²) in [6, 6.07) is 0. The zero-order chi connectivity index (χ0) is 10.0. The van der Waals surface area contributed by atoms with Crippen LogP contribution in [0.4, 0.5) is 0 Å². The molecule has 13 heavy (non-hydrogen) atoms. The van der Waals surface area contributed by atoms with Crippen LogP contribution in [0, 0.1) is 11.8 Å². The van der Waals surface area contributed by atoms with Crippen LogP contribution in [0.5, 0.6) is 0 Å². The molecule has 0 aromatic heterocycles. The summed E-state index contributed by atoms with van der Waals surface area (Å²) in [6.45, 7) is 6.27. The minimum Gasteiger partial charge on any atom is -0.469 e. The number of allylic oxidation sites excluding steroid dienone is 1. The first-order chi connectivity index (χ1) is 6.07. The third kappa shape index (κ3) is 1.93. The van der Waals surface area contributed by atoms with E-state index in [4.69, 9.17) is 4.74 Å². The fourth-order valence-corrected chi connectivity index (χ4v) is 2.11. The number of esters is 1. The lowest BCUT2D eigenvalue weighted by atomic mass is 9.93. The first kappa shape index (κ1) is 10.3. The van der Waals surface area contributed by atoms with Crippen molar-refractivity contribution in [3.05, 3.63) is 11.1 Å². The second-order valence-corrected chi connectivity index (χ2v) is 4.04. The van der Waals surface area contributed by atoms with Gasteiger partial charge in [0, 0.05) is 0 Å². The minimum absolute atomic E-state index is 0.0231. The van der Waals surface area contributed by atoms with Crippen LogP contribution in [0.25, 0.3) is 0 Å². The van der Waals surface area contributed by atoms with Gasteiger partial charge in [-0.15, -0.1) is 0 Å². The predicted octanol–water partition coefficient (Wildman–Crippen LogP) is 2.54. The Morgan fingerprint density at radius 2 is 2.08 bits per heavy atom. The summed E-state index contributed by atoms with van der Waals surface area (Å²) in [6.07, 6.45) is 2.17. The van der Waals surface area contributed by atoms with Crippen molar-refractivity contribution in [2.45, 2.75) is 33.6 Å². The fraction of sp³-hybridized carbons (Fsp3) is 0.727. The van der Waals surface area contributed by atoms with Crippen molar-refractivity contribution in [2.24, 2.45) is 11.8 Å². The van der Waals surface area contributed by atoms with Gasteiger partial charge in [0.25, 0.3) is 0 Å². The van der Waals surface area contributed by atoms with Crippen molar-refractivity contribution in [3.63, 3.8) is 0 Å². The van der Waals surface area contributed by atoms with Crippen LogP contribution in [-0.4, -0.2) is 13.1 Å². The average molecular weight is 182 g/mol. The van der Waals surface area contributed by atoms with Crippen LogP contribution >= 0.6 is 0 Å². The molecule has 0 N–H and O–H groups in total. The van der Waals surface area contributed by atoms with Crippen molar-refractivity contribution in [1.29, 1.82) is 0 Å². The van der Waals surface area contributed by atoms with Gasteiger partial charge < -0.3 is 4.74 Å². The molecule has 0 saturated heterocycles. The van der Waals surface area contributed by atoms with Crippen LogP contribution in [-0.2, 0) is 9.53 Å². The Hall–Kier alpha value is -0.790. The van der Waals surface area contributed by atoms with Crippen molar-refractivity contribution < 1.29 is 9.53 Å². The third-order valence-corrected chi connectivity index (χ3v) is 2.91. The normalized spacial score (nSPS) is 27.5. The predicted molar refractivity (Wildman–Crippen MR) is 52.3 cm³/mol. The Bertz CT molecular complexity index is 236. The second kappa shape index (κ2) is 3.95. The molecule has 1 fully saturated rings. The lowest BCUT2D eigenvalue weighted by Crippen LogP contribution is -2.20. The quantitative estimate of drug-likeness (QED) is 0.460. The molecule has 0 spiro atoms. The number of methoxy groups -OCH3 is 1. The molecule has 0 unspecified atom stereocenters. The van der Waals surface area contributed by atoms with E-state index in [0.29, 0.717) is 5.92 Å². The summed E-state index contributed by atoms with van der Waals surface area (Å²) in [5.74, 6) is 0.397. The molecule has 1 aliphatic carbocycles. The van der Waals surface area contributed by atoms with E-state index >= 15 is 0 Å². The summed E-state index contributed by atoms with van der Waals surface area (Å²) < 4.78 is 4.81. The fourth-order valence-electron chi connectivity index (χ4n) is 2.11. The highest BCUT2D eigenvalue weighted by molar-refractivity contribution is 5.76. The van der Waals surface area contributed by atoms with Crippen molar-refractivity contribution in [1.82, 2.24) is 0 Å². The number of hydrogen-bond acceptors (Lipinski definition) is 2. The van der Waals surface area contributed by atoms with Crippen LogP contribution in [0.15, 0.2) is 11.1 Å². The number of rotatable bonds is 1. The Morgan fingerprint density at radius 3 is 2.54 bits per heavy atom. The molecule has 1 saturated carbocycles. The first-order valence-corrected chi connectivity index (χ1v) is 4.82. The highest BCUT2D eigenvalue weighted by Gasteiger charge is 2.35. The molecular formula is C11H18O2. The van der Waals surface area contributed by atoms with E-state index in [0.717, 1.165) is 12.8 Å². The molecule has 2 atom stereocenters. The Balaban J connectivity index is 2.90. The summed E-state index contributed by atoms with van der Waals surface area (Å²) in [7, 11) is 1.47. The number of carbonyl (C=O) groups excluding carboxylic acids is 1. The van der Waals surface area contributed by atoms with E-state index < -0.39 is 0 Å². The Morgan fingerprint density at radius 1 is 1.46 bits per heavy atom. The SMILES string of the molecule is COC(=O)[C@H]1C(=C(C)C)CC[C@H]1C. The number of ether oxygens (including phenoxy) is 1. The van der Waals surface area contributed by atoms with Crippen LogP contribution in [0.2, 0.25) is 0 Å². The largest absolute Gasteiger partial charge is 0.469 e. The van der Waals surface area contributed by atoms with Crippen LogP contribution in [0.1, 0.15) is 33.6 Å². The van der Waals surface area contributed by atoms with E-state index in [9.17, 15) is 4.79 Å². The molecule has 1 rings (SSSR count). The van der Waals surface area contributed by atoms with E-state index in [1.165, 1.54) is 18.3 Å². The van der Waals surface area contributed by atoms with Gasteiger partial charge in [0.2, 0.25) is 0 Å². The molecule has 2 nitrogen and oxygen atoms in total. The molecule has 0 aliphatic heterocycles. The zero-order valence-corrected chi connectivity index (χ0v) is 8.89. The lowest BCUT2D eigenvalue weighted by molar-refractivity contribution is -0.145. The highest BCUT2D eigenvalue weighted by atomic mass is 16.5. The maximum Gasteiger partial charge on any atom is 0.313 e. The van der Waals surface area contributed by atoms with E-state index in [-0.39, 0.29) is 11.9 Å². The Kier molecular flexibility index (Phi) is 3.12. The molecule has 0 radical (unpaired) electrons. The average Bonchev–Trinajstić information content (AvgIpc) is 2.46. The number of hydrogen-bond donors (Lipinski definition) is 0. The summed E-state index contributed by atoms with van der Waals surface area (Å²) >= 11 is 0. The molecular weight excluding hydrogens is 164 g/mol. The molecule has 0 heterocycles. The molecule has 2 heteroatoms. The van der Waals surface area contributed by atoms with Gasteiger partial charge >= 0.3 is 5.97 Å². The lowest BCUT2D eigenvalue weighted by Gasteiger charge is -2.15. The molecule has 0 amide bonds. The van der Waals surface area contributed by atoms with Gasteiger partial charge in [-0.2, -0.15) is 0 Å². The monoisotopic (exact) mass is 182 g/mol. The van der Waals surface area contributed by atoms with Gasteiger partial charge in [0.15, 0.2) is 0 Å². The van der Waals surface area contributed by atoms with Crippen LogP contribution < -0.4 is 0 Å².